The van der Waals surface area contributed by atoms with Gasteiger partial charge in [0, 0.05) is 19.1 Å². The number of amides is 1. The molecule has 1 unspecified atom stereocenters. The lowest BCUT2D eigenvalue weighted by molar-refractivity contribution is -0.135. The number of likely N-dealkylation sites (tertiary alicyclic amines) is 1. The van der Waals surface area contributed by atoms with Crippen LogP contribution in [0, 0.1) is 0 Å². The van der Waals surface area contributed by atoms with E-state index in [-0.39, 0.29) is 5.91 Å². The van der Waals surface area contributed by atoms with Crippen LogP contribution in [0.3, 0.4) is 0 Å². The maximum Gasteiger partial charge on any atom is 0.236 e. The van der Waals surface area contributed by atoms with Crippen molar-refractivity contribution >= 4 is 5.91 Å². The van der Waals surface area contributed by atoms with Crippen molar-refractivity contribution in [3.05, 3.63) is 12.2 Å². The molecule has 1 aliphatic heterocycles. The molecule has 1 aliphatic rings. The molecule has 1 rings (SSSR count). The van der Waals surface area contributed by atoms with E-state index in [1.807, 2.05) is 11.8 Å². The van der Waals surface area contributed by atoms with Crippen molar-refractivity contribution in [2.45, 2.75) is 46.1 Å². The maximum atomic E-state index is 12.2. The van der Waals surface area contributed by atoms with Crippen LogP contribution in [-0.4, -0.2) is 47.9 Å². The number of carbonyl (C=O) groups is 1. The smallest absolute Gasteiger partial charge is 0.236 e. The summed E-state index contributed by atoms with van der Waals surface area (Å²) in [7, 11) is 0. The quantitative estimate of drug-likeness (QED) is 0.686. The first-order valence-electron chi connectivity index (χ1n) is 6.70. The molecule has 1 heterocycles. The lowest BCUT2D eigenvalue weighted by Gasteiger charge is -2.35. The molecule has 0 bridgehead atoms. The van der Waals surface area contributed by atoms with E-state index in [2.05, 4.69) is 25.3 Å². The number of piperidine rings is 1. The Morgan fingerprint density at radius 3 is 2.65 bits per heavy atom. The Balaban J connectivity index is 2.48. The number of nitrogens with zero attached hydrogens (tertiary/aromatic N) is 2. The van der Waals surface area contributed by atoms with Crippen LogP contribution in [0.5, 0.6) is 0 Å². The molecule has 0 aliphatic carbocycles. The summed E-state index contributed by atoms with van der Waals surface area (Å²) in [5.74, 6) is 0.278. The van der Waals surface area contributed by atoms with Crippen molar-refractivity contribution in [3.8, 4) is 0 Å². The van der Waals surface area contributed by atoms with Gasteiger partial charge in [0.25, 0.3) is 0 Å². The number of hydrogen-bond acceptors (Lipinski definition) is 2. The van der Waals surface area contributed by atoms with Gasteiger partial charge in [0.05, 0.1) is 6.54 Å². The fourth-order valence-electron chi connectivity index (χ4n) is 2.41. The molecule has 1 fully saturated rings. The molecule has 1 amide bonds. The van der Waals surface area contributed by atoms with Crippen molar-refractivity contribution in [1.29, 1.82) is 0 Å². The van der Waals surface area contributed by atoms with Gasteiger partial charge in [-0.3, -0.25) is 9.69 Å². The van der Waals surface area contributed by atoms with Crippen LogP contribution < -0.4 is 0 Å². The highest BCUT2D eigenvalue weighted by molar-refractivity contribution is 5.78. The van der Waals surface area contributed by atoms with E-state index >= 15 is 0 Å². The van der Waals surface area contributed by atoms with E-state index in [0.29, 0.717) is 12.6 Å². The highest BCUT2D eigenvalue weighted by Crippen LogP contribution is 2.16. The number of carbonyl (C=O) groups excluding carboxylic acids is 1. The summed E-state index contributed by atoms with van der Waals surface area (Å²) >= 11 is 0. The molecule has 0 radical (unpaired) electrons. The number of hydrogen-bond donors (Lipinski definition) is 0. The summed E-state index contributed by atoms with van der Waals surface area (Å²) in [5.41, 5.74) is 1.12. The summed E-state index contributed by atoms with van der Waals surface area (Å²) in [4.78, 5) is 16.4. The van der Waals surface area contributed by atoms with Gasteiger partial charge in [-0.2, -0.15) is 0 Å². The molecule has 0 saturated carbocycles. The van der Waals surface area contributed by atoms with Crippen LogP contribution in [0.2, 0.25) is 0 Å². The average Bonchev–Trinajstić information content (AvgIpc) is 2.27. The van der Waals surface area contributed by atoms with E-state index < -0.39 is 0 Å². The third kappa shape index (κ3) is 4.50. The van der Waals surface area contributed by atoms with Gasteiger partial charge in [-0.25, -0.2) is 0 Å². The van der Waals surface area contributed by atoms with Gasteiger partial charge in [0.1, 0.15) is 0 Å². The van der Waals surface area contributed by atoms with Gasteiger partial charge in [-0.1, -0.05) is 19.1 Å². The zero-order valence-electron chi connectivity index (χ0n) is 11.5. The minimum absolute atomic E-state index is 0.278. The Kier molecular flexibility index (Phi) is 5.69. The molecule has 0 aromatic carbocycles. The highest BCUT2D eigenvalue weighted by atomic mass is 16.2. The fraction of sp³-hybridized carbons (Fsp3) is 0.786. The fourth-order valence-corrected chi connectivity index (χ4v) is 2.41. The summed E-state index contributed by atoms with van der Waals surface area (Å²) in [6, 6.07) is 0.416. The molecule has 1 atom stereocenters. The highest BCUT2D eigenvalue weighted by Gasteiger charge is 2.24. The van der Waals surface area contributed by atoms with Crippen molar-refractivity contribution in [1.82, 2.24) is 9.80 Å². The molecule has 1 saturated heterocycles. The zero-order valence-corrected chi connectivity index (χ0v) is 11.5. The molecule has 0 aromatic heterocycles. The standard InChI is InChI=1S/C14H26N2O/c1-5-15(10-12(2)3)11-14(17)16-9-7-6-8-13(16)4/h13H,2,5-11H2,1,3-4H3. The molecule has 98 valence electrons. The monoisotopic (exact) mass is 238 g/mol. The van der Waals surface area contributed by atoms with Crippen molar-refractivity contribution in [3.63, 3.8) is 0 Å². The van der Waals surface area contributed by atoms with Crippen molar-refractivity contribution in [2.24, 2.45) is 0 Å². The summed E-state index contributed by atoms with van der Waals surface area (Å²) in [6.45, 7) is 13.4. The van der Waals surface area contributed by atoms with Crippen LogP contribution in [0.15, 0.2) is 12.2 Å². The van der Waals surface area contributed by atoms with E-state index in [9.17, 15) is 4.79 Å². The SMILES string of the molecule is C=C(C)CN(CC)CC(=O)N1CCCCC1C. The third-order valence-electron chi connectivity index (χ3n) is 3.42. The average molecular weight is 238 g/mol. The largest absolute Gasteiger partial charge is 0.339 e. The Bertz CT molecular complexity index is 275. The molecular formula is C14H26N2O. The van der Waals surface area contributed by atoms with Gasteiger partial charge in [0.2, 0.25) is 5.91 Å². The molecule has 0 spiro atoms. The Morgan fingerprint density at radius 2 is 2.12 bits per heavy atom. The van der Waals surface area contributed by atoms with Gasteiger partial charge >= 0.3 is 0 Å². The molecule has 0 N–H and O–H groups in total. The Labute approximate surface area is 105 Å². The van der Waals surface area contributed by atoms with Crippen molar-refractivity contribution < 1.29 is 4.79 Å². The summed E-state index contributed by atoms with van der Waals surface area (Å²) in [6.07, 6.45) is 3.56. The summed E-state index contributed by atoms with van der Waals surface area (Å²) < 4.78 is 0. The second kappa shape index (κ2) is 6.80. The number of likely N-dealkylation sites (N-methyl/N-ethyl adjacent to an activating group) is 1. The molecule has 3 heteroatoms. The predicted octanol–water partition coefficient (Wildman–Crippen LogP) is 2.29. The topological polar surface area (TPSA) is 23.6 Å². The first-order valence-corrected chi connectivity index (χ1v) is 6.70. The molecule has 17 heavy (non-hydrogen) atoms. The Morgan fingerprint density at radius 1 is 1.41 bits per heavy atom. The first-order chi connectivity index (χ1) is 8.04. The molecular weight excluding hydrogens is 212 g/mol. The summed E-state index contributed by atoms with van der Waals surface area (Å²) in [5, 5.41) is 0. The predicted molar refractivity (Wildman–Crippen MR) is 72.0 cm³/mol. The third-order valence-corrected chi connectivity index (χ3v) is 3.42. The Hall–Kier alpha value is -0.830. The lowest BCUT2D eigenvalue weighted by Crippen LogP contribution is -2.47. The van der Waals surface area contributed by atoms with Crippen LogP contribution in [0.1, 0.15) is 40.0 Å². The molecule has 3 nitrogen and oxygen atoms in total. The van der Waals surface area contributed by atoms with E-state index in [1.54, 1.807) is 0 Å². The first kappa shape index (κ1) is 14.2. The molecule has 0 aromatic rings. The van der Waals surface area contributed by atoms with Gasteiger partial charge in [-0.05, 0) is 39.7 Å². The van der Waals surface area contributed by atoms with E-state index in [0.717, 1.165) is 38.0 Å². The van der Waals surface area contributed by atoms with Crippen LogP contribution >= 0.6 is 0 Å². The van der Waals surface area contributed by atoms with E-state index in [1.165, 1.54) is 6.42 Å². The van der Waals surface area contributed by atoms with Crippen LogP contribution in [0.4, 0.5) is 0 Å². The van der Waals surface area contributed by atoms with Crippen LogP contribution in [-0.2, 0) is 4.79 Å². The second-order valence-corrected chi connectivity index (χ2v) is 5.19. The van der Waals surface area contributed by atoms with Crippen LogP contribution in [0.25, 0.3) is 0 Å². The van der Waals surface area contributed by atoms with E-state index in [4.69, 9.17) is 0 Å². The zero-order chi connectivity index (χ0) is 12.8. The number of rotatable bonds is 5. The maximum absolute atomic E-state index is 12.2. The van der Waals surface area contributed by atoms with Gasteiger partial charge in [-0.15, -0.1) is 0 Å². The normalized spacial score (nSPS) is 20.7. The minimum atomic E-state index is 0.278. The second-order valence-electron chi connectivity index (χ2n) is 5.19. The van der Waals surface area contributed by atoms with Crippen molar-refractivity contribution in [2.75, 3.05) is 26.2 Å². The van der Waals surface area contributed by atoms with Gasteiger partial charge in [0.15, 0.2) is 0 Å². The minimum Gasteiger partial charge on any atom is -0.339 e. The van der Waals surface area contributed by atoms with Gasteiger partial charge < -0.3 is 4.90 Å². The lowest BCUT2D eigenvalue weighted by atomic mass is 10.0.